The molecule has 0 bridgehead atoms. The van der Waals surface area contributed by atoms with Crippen LogP contribution in [0, 0.1) is 5.92 Å². The monoisotopic (exact) mass is 741 g/mol. The van der Waals surface area contributed by atoms with E-state index in [-0.39, 0.29) is 5.41 Å². The number of hydrogen-bond donors (Lipinski definition) is 0. The van der Waals surface area contributed by atoms with E-state index in [1.165, 1.54) is 88.2 Å². The summed E-state index contributed by atoms with van der Waals surface area (Å²) in [6.07, 6.45) is 9.25. The predicted molar refractivity (Wildman–Crippen MR) is 247 cm³/mol. The minimum atomic E-state index is 0.00400. The van der Waals surface area contributed by atoms with Crippen LogP contribution in [0.3, 0.4) is 0 Å². The summed E-state index contributed by atoms with van der Waals surface area (Å²) in [4.78, 5) is 2.49. The highest BCUT2D eigenvalue weighted by molar-refractivity contribution is 6.14. The summed E-state index contributed by atoms with van der Waals surface area (Å²) in [5.41, 5.74) is 13.7. The average molecular weight is 742 g/mol. The van der Waals surface area contributed by atoms with Crippen LogP contribution in [-0.2, 0) is 5.41 Å². The Morgan fingerprint density at radius 2 is 1.03 bits per heavy atom. The first-order valence-corrected chi connectivity index (χ1v) is 20.5. The molecule has 9 aromatic carbocycles. The lowest BCUT2D eigenvalue weighted by molar-refractivity contribution is 0.394. The average Bonchev–Trinajstić information content (AvgIpc) is 3.52. The van der Waals surface area contributed by atoms with Crippen molar-refractivity contribution in [1.82, 2.24) is 0 Å². The highest BCUT2D eigenvalue weighted by Crippen LogP contribution is 2.54. The molecule has 2 aliphatic rings. The van der Waals surface area contributed by atoms with E-state index in [0.717, 1.165) is 5.69 Å². The molecule has 0 radical (unpaired) electrons. The Morgan fingerprint density at radius 3 is 1.83 bits per heavy atom. The van der Waals surface area contributed by atoms with Crippen LogP contribution >= 0.6 is 0 Å². The quantitative estimate of drug-likeness (QED) is 0.153. The van der Waals surface area contributed by atoms with Crippen molar-refractivity contribution in [2.75, 3.05) is 4.90 Å². The highest BCUT2D eigenvalue weighted by atomic mass is 15.1. The zero-order valence-electron chi connectivity index (χ0n) is 32.8. The van der Waals surface area contributed by atoms with Gasteiger partial charge in [0.25, 0.3) is 0 Å². The van der Waals surface area contributed by atoms with E-state index in [9.17, 15) is 0 Å². The molecule has 2 aliphatic carbocycles. The first kappa shape index (κ1) is 34.3. The molecule has 0 aliphatic heterocycles. The Hall–Kier alpha value is -6.96. The van der Waals surface area contributed by atoms with Gasteiger partial charge in [0.05, 0.1) is 5.69 Å². The van der Waals surface area contributed by atoms with Gasteiger partial charge >= 0.3 is 0 Å². The predicted octanol–water partition coefficient (Wildman–Crippen LogP) is 15.7. The smallest absolute Gasteiger partial charge is 0.0546 e. The second-order valence-electron chi connectivity index (χ2n) is 16.5. The molecule has 1 heteroatoms. The first-order valence-electron chi connectivity index (χ1n) is 20.5. The van der Waals surface area contributed by atoms with Crippen molar-refractivity contribution in [3.63, 3.8) is 0 Å². The van der Waals surface area contributed by atoms with Gasteiger partial charge in [-0.1, -0.05) is 196 Å². The number of rotatable bonds is 6. The van der Waals surface area contributed by atoms with Crippen molar-refractivity contribution in [1.29, 1.82) is 0 Å². The van der Waals surface area contributed by atoms with Gasteiger partial charge in [0, 0.05) is 22.7 Å². The Labute approximate surface area is 340 Å². The standard InChI is InChI=1S/C57H43N/c1-57(2)53-23-13-12-21-50(53)51-35-33-45(37-54(51)57)58(55-36-43-17-7-8-18-46(43)49-20-10-11-22-52(49)55)44-31-28-41(29-32-44)48-34-30-40-16-6-9-19-47(40)56(48)42-26-24-39(25-27-42)38-14-4-3-5-15-38/h3-37,50,53H,1-2H3. The summed E-state index contributed by atoms with van der Waals surface area (Å²) in [6.45, 7) is 4.84. The van der Waals surface area contributed by atoms with Gasteiger partial charge in [-0.05, 0) is 113 Å². The third-order valence-corrected chi connectivity index (χ3v) is 12.9. The molecule has 0 amide bonds. The van der Waals surface area contributed by atoms with Crippen LogP contribution in [0.4, 0.5) is 17.1 Å². The van der Waals surface area contributed by atoms with E-state index >= 15 is 0 Å². The highest BCUT2D eigenvalue weighted by Gasteiger charge is 2.44. The Balaban J connectivity index is 1.08. The van der Waals surface area contributed by atoms with Crippen LogP contribution in [0.25, 0.3) is 65.7 Å². The van der Waals surface area contributed by atoms with Gasteiger partial charge in [-0.2, -0.15) is 0 Å². The molecule has 1 nitrogen and oxygen atoms in total. The molecule has 2 atom stereocenters. The fourth-order valence-electron chi connectivity index (χ4n) is 10.0. The van der Waals surface area contributed by atoms with Gasteiger partial charge in [0.2, 0.25) is 0 Å². The van der Waals surface area contributed by atoms with Crippen LogP contribution < -0.4 is 4.90 Å². The van der Waals surface area contributed by atoms with Gasteiger partial charge in [-0.25, -0.2) is 0 Å². The summed E-state index contributed by atoms with van der Waals surface area (Å²) in [7, 11) is 0. The number of fused-ring (bicyclic) bond motifs is 7. The van der Waals surface area contributed by atoms with Gasteiger partial charge in [0.15, 0.2) is 0 Å². The second-order valence-corrected chi connectivity index (χ2v) is 16.5. The van der Waals surface area contributed by atoms with Crippen LogP contribution in [0.5, 0.6) is 0 Å². The second kappa shape index (κ2) is 13.6. The summed E-state index contributed by atoms with van der Waals surface area (Å²) in [6, 6.07) is 69.6. The summed E-state index contributed by atoms with van der Waals surface area (Å²) < 4.78 is 0. The van der Waals surface area contributed by atoms with Crippen LogP contribution in [0.1, 0.15) is 30.9 Å². The molecular weight excluding hydrogens is 699 g/mol. The van der Waals surface area contributed by atoms with Gasteiger partial charge < -0.3 is 4.90 Å². The van der Waals surface area contributed by atoms with Gasteiger partial charge in [-0.15, -0.1) is 0 Å². The maximum Gasteiger partial charge on any atom is 0.0546 e. The van der Waals surface area contributed by atoms with Crippen molar-refractivity contribution in [2.45, 2.75) is 25.2 Å². The molecule has 9 aromatic rings. The van der Waals surface area contributed by atoms with Crippen LogP contribution in [0.2, 0.25) is 0 Å². The Kier molecular flexibility index (Phi) is 8.05. The molecule has 0 saturated carbocycles. The Morgan fingerprint density at radius 1 is 0.431 bits per heavy atom. The van der Waals surface area contributed by atoms with Crippen molar-refractivity contribution in [3.05, 3.63) is 223 Å². The number of nitrogens with zero attached hydrogens (tertiary/aromatic N) is 1. The van der Waals surface area contributed by atoms with Crippen molar-refractivity contribution in [3.8, 4) is 33.4 Å². The first-order chi connectivity index (χ1) is 28.5. The van der Waals surface area contributed by atoms with E-state index in [0.29, 0.717) is 11.8 Å². The minimum absolute atomic E-state index is 0.00400. The van der Waals surface area contributed by atoms with E-state index in [2.05, 4.69) is 231 Å². The lowest BCUT2D eigenvalue weighted by Crippen LogP contribution is -2.24. The normalized spacial score (nSPS) is 16.4. The van der Waals surface area contributed by atoms with E-state index < -0.39 is 0 Å². The number of anilines is 3. The summed E-state index contributed by atoms with van der Waals surface area (Å²) in [5.74, 6) is 0.853. The minimum Gasteiger partial charge on any atom is -0.310 e. The zero-order chi connectivity index (χ0) is 38.8. The topological polar surface area (TPSA) is 3.24 Å². The molecule has 0 saturated heterocycles. The Bertz CT molecular complexity index is 3080. The van der Waals surface area contributed by atoms with Gasteiger partial charge in [0.1, 0.15) is 0 Å². The molecule has 0 N–H and O–H groups in total. The molecule has 11 rings (SSSR count). The molecule has 2 unspecified atom stereocenters. The summed E-state index contributed by atoms with van der Waals surface area (Å²) in [5, 5.41) is 7.51. The molecule has 0 spiro atoms. The zero-order valence-corrected chi connectivity index (χ0v) is 32.8. The van der Waals surface area contributed by atoms with E-state index in [4.69, 9.17) is 0 Å². The molecule has 0 fully saturated rings. The van der Waals surface area contributed by atoms with E-state index in [1.54, 1.807) is 0 Å². The van der Waals surface area contributed by atoms with Gasteiger partial charge in [-0.3, -0.25) is 0 Å². The van der Waals surface area contributed by atoms with Crippen LogP contribution in [-0.4, -0.2) is 0 Å². The molecular formula is C57H43N. The lowest BCUT2D eigenvalue weighted by atomic mass is 9.74. The lowest BCUT2D eigenvalue weighted by Gasteiger charge is -2.31. The largest absolute Gasteiger partial charge is 0.310 e. The molecule has 0 aromatic heterocycles. The third kappa shape index (κ3) is 5.53. The van der Waals surface area contributed by atoms with E-state index in [1.807, 2.05) is 0 Å². The fraction of sp³-hybridized carbons (Fsp3) is 0.0877. The maximum atomic E-state index is 2.49. The number of allylic oxidation sites excluding steroid dienone is 4. The summed E-state index contributed by atoms with van der Waals surface area (Å²) >= 11 is 0. The van der Waals surface area contributed by atoms with Crippen molar-refractivity contribution < 1.29 is 0 Å². The number of hydrogen-bond acceptors (Lipinski definition) is 1. The molecule has 276 valence electrons. The van der Waals surface area contributed by atoms with Crippen molar-refractivity contribution >= 4 is 49.4 Å². The van der Waals surface area contributed by atoms with Crippen LogP contribution in [0.15, 0.2) is 212 Å². The molecule has 58 heavy (non-hydrogen) atoms. The fourth-order valence-corrected chi connectivity index (χ4v) is 10.0. The SMILES string of the molecule is CC1(C)c2cc(N(c3ccc(-c4ccc5ccccc5c4-c4ccc(-c5ccccc5)cc4)cc3)c3cc4ccccc4c4ccccc34)ccc2C2C=CC=CC21. The molecule has 0 heterocycles. The third-order valence-electron chi connectivity index (χ3n) is 12.9. The maximum absolute atomic E-state index is 2.49. The number of benzene rings is 9. The van der Waals surface area contributed by atoms with Crippen molar-refractivity contribution in [2.24, 2.45) is 5.92 Å².